The molecule has 7 fully saturated rings. The molecule has 5 aliphatic carbocycles. The van der Waals surface area contributed by atoms with Gasteiger partial charge < -0.3 is 89.7 Å². The van der Waals surface area contributed by atoms with Crippen LogP contribution < -0.4 is 0 Å². The van der Waals surface area contributed by atoms with Crippen LogP contribution in [0.25, 0.3) is 0 Å². The topological polar surface area (TPSA) is 349 Å². The molecule has 26 atom stereocenters. The van der Waals surface area contributed by atoms with Gasteiger partial charge in [-0.1, -0.05) is 46.3 Å². The fourth-order valence-corrected chi connectivity index (χ4v) is 15.1. The molecule has 0 bridgehead atoms. The van der Waals surface area contributed by atoms with Crippen molar-refractivity contribution in [3.05, 3.63) is 11.6 Å². The first-order chi connectivity index (χ1) is 32.0. The number of ether oxygens (including phenoxy) is 6. The minimum atomic E-state index is -2.18. The molecule has 0 amide bonds. The number of carboxylic acids is 3. The maximum absolute atomic E-state index is 12.6. The van der Waals surface area contributed by atoms with Gasteiger partial charge in [-0.05, 0) is 111 Å². The Kier molecular flexibility index (Phi) is 13.9. The summed E-state index contributed by atoms with van der Waals surface area (Å²) in [6, 6.07) is 0. The predicted molar refractivity (Wildman–Crippen MR) is 233 cm³/mol. The lowest BCUT2D eigenvalue weighted by atomic mass is 9.33. The minimum Gasteiger partial charge on any atom is -0.481 e. The molecule has 69 heavy (non-hydrogen) atoms. The monoisotopic (exact) mass is 986 g/mol. The summed E-state index contributed by atoms with van der Waals surface area (Å²) in [5.41, 5.74) is -2.27. The van der Waals surface area contributed by atoms with Crippen molar-refractivity contribution < 1.29 is 104 Å². The number of rotatable bonds is 10. The summed E-state index contributed by atoms with van der Waals surface area (Å²) in [6.45, 7) is 13.6. The van der Waals surface area contributed by atoms with Gasteiger partial charge in [-0.2, -0.15) is 0 Å². The zero-order valence-corrected chi connectivity index (χ0v) is 40.2. The minimum absolute atomic E-state index is 0.0351. The Morgan fingerprint density at radius 1 is 0.638 bits per heavy atom. The van der Waals surface area contributed by atoms with E-state index in [1.807, 2.05) is 6.92 Å². The SMILES string of the molecule is C[C@@H]1O[C@@H](O[C@H]2[C@H](O[C@H]3[C@H](O[C@H]4CC[C@@]5(C)[C@@H](CC[C@]6(C)[C@@H]5CC=C5[C@@H]7C[C@](C)(C(=O)O)[C@H](O)C[C@]7(C)CC[C@]56C)[C@@]4(C)CO)O[C@H](C(=O)O)[C@@H](O)[C@@H]3O)O[C@H](C(=O)O)[C@@H](O)[C@@H]2O)[C@H](O)[C@H](O)[C@H]1O. The number of fused-ring (bicyclic) bond motifs is 7. The third-order valence-corrected chi connectivity index (χ3v) is 19.8. The lowest BCUT2D eigenvalue weighted by Gasteiger charge is -2.71. The molecule has 3 saturated heterocycles. The summed E-state index contributed by atoms with van der Waals surface area (Å²) in [4.78, 5) is 37.4. The highest BCUT2D eigenvalue weighted by molar-refractivity contribution is 5.75. The van der Waals surface area contributed by atoms with Gasteiger partial charge in [0, 0.05) is 5.41 Å². The molecule has 21 heteroatoms. The average molecular weight is 987 g/mol. The standard InChI is InChI=1S/C48H74O21/c1-19-26(51)27(52)32(57)39(64-19)68-36-31(56)29(54)34(38(60)61)67-41(36)69-35-30(55)28(53)33(37(58)59)66-40(35)65-25-11-12-44(3)22(46(25,5)18-49)10-13-48(7)23(44)9-8-20-21-16-45(4,42(62)63)24(50)17-43(21,2)14-15-47(20,48)6/h8,19,21-36,39-41,49-57H,9-18H2,1-7H3,(H,58,59)(H,60,61)(H,62,63)/t19-,21-,22+,23+,24+,25-,26-,27+,28-,29-,30-,31-,32+,33-,34-,35+,36+,39-,40+,41-,43-,44-,45-,46+,47+,48+/m0/s1. The molecule has 3 heterocycles. The van der Waals surface area contributed by atoms with Gasteiger partial charge in [-0.3, -0.25) is 4.79 Å². The molecule has 392 valence electrons. The molecular weight excluding hydrogens is 913 g/mol. The highest BCUT2D eigenvalue weighted by Crippen LogP contribution is 2.76. The number of aliphatic hydroxyl groups excluding tert-OH is 9. The third kappa shape index (κ3) is 8.03. The largest absolute Gasteiger partial charge is 0.481 e. The number of aliphatic carboxylic acids is 3. The van der Waals surface area contributed by atoms with Crippen molar-refractivity contribution in [2.24, 2.45) is 50.2 Å². The van der Waals surface area contributed by atoms with Gasteiger partial charge in [0.1, 0.15) is 54.9 Å². The quantitative estimate of drug-likeness (QED) is 0.100. The fraction of sp³-hybridized carbons (Fsp3) is 0.896. The van der Waals surface area contributed by atoms with Crippen molar-refractivity contribution in [1.82, 2.24) is 0 Å². The molecular formula is C48H74O21. The van der Waals surface area contributed by atoms with Crippen LogP contribution in [0.4, 0.5) is 0 Å². The molecule has 21 nitrogen and oxygen atoms in total. The first-order valence-corrected chi connectivity index (χ1v) is 24.4. The van der Waals surface area contributed by atoms with E-state index in [2.05, 4.69) is 33.8 Å². The Morgan fingerprint density at radius 3 is 1.75 bits per heavy atom. The molecule has 0 aromatic carbocycles. The fourth-order valence-electron chi connectivity index (χ4n) is 15.1. The van der Waals surface area contributed by atoms with E-state index in [9.17, 15) is 75.7 Å². The first kappa shape index (κ1) is 52.9. The summed E-state index contributed by atoms with van der Waals surface area (Å²) in [7, 11) is 0. The van der Waals surface area contributed by atoms with Crippen LogP contribution in [0.1, 0.15) is 106 Å². The molecule has 3 aliphatic heterocycles. The summed E-state index contributed by atoms with van der Waals surface area (Å²) < 4.78 is 35.5. The molecule has 0 spiro atoms. The second kappa shape index (κ2) is 18.2. The number of carbonyl (C=O) groups is 3. The van der Waals surface area contributed by atoms with Crippen molar-refractivity contribution in [2.45, 2.75) is 211 Å². The zero-order chi connectivity index (χ0) is 50.9. The van der Waals surface area contributed by atoms with E-state index >= 15 is 0 Å². The second-order valence-electron chi connectivity index (χ2n) is 23.3. The molecule has 4 saturated carbocycles. The Balaban J connectivity index is 1.08. The smallest absolute Gasteiger partial charge is 0.335 e. The highest BCUT2D eigenvalue weighted by atomic mass is 16.8. The van der Waals surface area contributed by atoms with E-state index in [1.54, 1.807) is 6.92 Å². The molecule has 0 aromatic heterocycles. The maximum atomic E-state index is 12.6. The summed E-state index contributed by atoms with van der Waals surface area (Å²) in [5.74, 6) is -4.55. The number of aliphatic hydroxyl groups is 9. The number of allylic oxidation sites excluding steroid dienone is 2. The van der Waals surface area contributed by atoms with Gasteiger partial charge in [0.05, 0.1) is 30.3 Å². The second-order valence-corrected chi connectivity index (χ2v) is 23.3. The first-order valence-electron chi connectivity index (χ1n) is 24.4. The average Bonchev–Trinajstić information content (AvgIpc) is 3.28. The Hall–Kier alpha value is -2.45. The van der Waals surface area contributed by atoms with E-state index in [0.717, 1.165) is 19.3 Å². The molecule has 0 radical (unpaired) electrons. The highest BCUT2D eigenvalue weighted by Gasteiger charge is 2.70. The molecule has 0 aromatic rings. The van der Waals surface area contributed by atoms with Crippen molar-refractivity contribution in [2.75, 3.05) is 6.61 Å². The molecule has 8 aliphatic rings. The Labute approximate surface area is 400 Å². The van der Waals surface area contributed by atoms with Crippen LogP contribution in [0, 0.1) is 50.2 Å². The van der Waals surface area contributed by atoms with Crippen LogP contribution in [-0.2, 0) is 42.8 Å². The molecule has 8 rings (SSSR count). The van der Waals surface area contributed by atoms with Crippen LogP contribution in [0.15, 0.2) is 11.6 Å². The van der Waals surface area contributed by atoms with Crippen LogP contribution in [0.2, 0.25) is 0 Å². The van der Waals surface area contributed by atoms with Crippen LogP contribution >= 0.6 is 0 Å². The van der Waals surface area contributed by atoms with Crippen LogP contribution in [0.3, 0.4) is 0 Å². The van der Waals surface area contributed by atoms with Gasteiger partial charge in [0.25, 0.3) is 0 Å². The van der Waals surface area contributed by atoms with Crippen molar-refractivity contribution in [1.29, 1.82) is 0 Å². The zero-order valence-electron chi connectivity index (χ0n) is 40.2. The lowest BCUT2D eigenvalue weighted by Crippen LogP contribution is -2.68. The van der Waals surface area contributed by atoms with Gasteiger partial charge >= 0.3 is 17.9 Å². The van der Waals surface area contributed by atoms with Crippen LogP contribution in [-0.4, -0.2) is 190 Å². The lowest BCUT2D eigenvalue weighted by molar-refractivity contribution is -0.393. The predicted octanol–water partition coefficient (Wildman–Crippen LogP) is -0.138. The van der Waals surface area contributed by atoms with Crippen molar-refractivity contribution in [3.63, 3.8) is 0 Å². The summed E-state index contributed by atoms with van der Waals surface area (Å²) >= 11 is 0. The van der Waals surface area contributed by atoms with E-state index in [-0.39, 0.29) is 34.0 Å². The Morgan fingerprint density at radius 2 is 1.20 bits per heavy atom. The van der Waals surface area contributed by atoms with Crippen LogP contribution in [0.5, 0.6) is 0 Å². The number of hydrogen-bond donors (Lipinski definition) is 12. The van der Waals surface area contributed by atoms with E-state index in [0.29, 0.717) is 38.5 Å². The Bertz CT molecular complexity index is 2010. The van der Waals surface area contributed by atoms with E-state index in [1.165, 1.54) is 12.5 Å². The normalized spacial score (nSPS) is 55.3. The van der Waals surface area contributed by atoms with Crippen molar-refractivity contribution >= 4 is 17.9 Å². The van der Waals surface area contributed by atoms with E-state index in [4.69, 9.17) is 28.4 Å². The van der Waals surface area contributed by atoms with Gasteiger partial charge in [-0.15, -0.1) is 0 Å². The number of hydrogen-bond acceptors (Lipinski definition) is 18. The molecule has 0 unspecified atom stereocenters. The van der Waals surface area contributed by atoms with Gasteiger partial charge in [-0.25, -0.2) is 9.59 Å². The van der Waals surface area contributed by atoms with E-state index < -0.39 is 145 Å². The summed E-state index contributed by atoms with van der Waals surface area (Å²) in [6.07, 6.45) is -23.3. The van der Waals surface area contributed by atoms with Gasteiger partial charge in [0.2, 0.25) is 0 Å². The maximum Gasteiger partial charge on any atom is 0.335 e. The third-order valence-electron chi connectivity index (χ3n) is 19.8. The van der Waals surface area contributed by atoms with Gasteiger partial charge in [0.15, 0.2) is 31.1 Å². The summed E-state index contributed by atoms with van der Waals surface area (Å²) in [5, 5.41) is 129. The van der Waals surface area contributed by atoms with Crippen molar-refractivity contribution in [3.8, 4) is 0 Å². The molecule has 12 N–H and O–H groups in total. The number of carboxylic acid groups (broad SMARTS) is 3.